The van der Waals surface area contributed by atoms with Gasteiger partial charge in [0.25, 0.3) is 0 Å². The van der Waals surface area contributed by atoms with Crippen LogP contribution in [0, 0.1) is 0 Å². The van der Waals surface area contributed by atoms with Crippen LogP contribution in [-0.4, -0.2) is 76.2 Å². The zero-order valence-electron chi connectivity index (χ0n) is 23.2. The zero-order valence-corrected chi connectivity index (χ0v) is 23.2. The highest BCUT2D eigenvalue weighted by Gasteiger charge is 2.46. The van der Waals surface area contributed by atoms with Crippen LogP contribution in [0.25, 0.3) is 0 Å². The van der Waals surface area contributed by atoms with Crippen molar-refractivity contribution >= 4 is 0 Å². The maximum atomic E-state index is 4.20. The van der Waals surface area contributed by atoms with Crippen molar-refractivity contribution in [2.24, 2.45) is 0 Å². The van der Waals surface area contributed by atoms with Crippen molar-refractivity contribution in [3.05, 3.63) is 0 Å². The van der Waals surface area contributed by atoms with Crippen molar-refractivity contribution in [2.45, 2.75) is 154 Å². The molecule has 0 spiro atoms. The Kier molecular flexibility index (Phi) is 8.39. The topological polar surface area (TPSA) is 21.8 Å². The maximum absolute atomic E-state index is 4.20. The molecule has 2 aliphatic rings. The van der Waals surface area contributed by atoms with E-state index >= 15 is 0 Å². The van der Waals surface area contributed by atoms with E-state index in [-0.39, 0.29) is 22.2 Å². The Morgan fingerprint density at radius 2 is 1.19 bits per heavy atom. The van der Waals surface area contributed by atoms with Gasteiger partial charge in [0, 0.05) is 34.2 Å². The summed E-state index contributed by atoms with van der Waals surface area (Å²) in [6, 6.07) is 1.19. The molecule has 0 aromatic rings. The molecule has 4 heteroatoms. The molecule has 0 bridgehead atoms. The second-order valence-electron chi connectivity index (χ2n) is 13.4. The zero-order chi connectivity index (χ0) is 23.8. The Labute approximate surface area is 195 Å². The number of hydrogen-bond donors (Lipinski definition) is 1. The average Bonchev–Trinajstić information content (AvgIpc) is 2.62. The van der Waals surface area contributed by atoms with Crippen LogP contribution in [0.5, 0.6) is 0 Å². The molecule has 4 nitrogen and oxygen atoms in total. The molecular weight excluding hydrogens is 380 g/mol. The highest BCUT2D eigenvalue weighted by Crippen LogP contribution is 2.40. The largest absolute Gasteiger partial charge is 0.299 e. The quantitative estimate of drug-likeness (QED) is 0.388. The summed E-state index contributed by atoms with van der Waals surface area (Å²) < 4.78 is 0. The van der Waals surface area contributed by atoms with Crippen molar-refractivity contribution in [1.29, 1.82) is 0 Å². The summed E-state index contributed by atoms with van der Waals surface area (Å²) in [6.45, 7) is 21.7. The second kappa shape index (κ2) is 9.60. The Morgan fingerprint density at radius 3 is 1.61 bits per heavy atom. The molecule has 1 atom stereocenters. The van der Waals surface area contributed by atoms with Gasteiger partial charge in [-0.3, -0.25) is 20.0 Å². The molecule has 2 aliphatic heterocycles. The standard InChI is InChI=1S/C27H56N4/c1-13-14-15-16-23(28-21-17-24(2,3)30(11)25(4,5)18-21)29(10)22-19-26(6,7)31(12)27(8,9)20-22/h21-23,28H,13-20H2,1-12H3. The van der Waals surface area contributed by atoms with Crippen LogP contribution in [0.15, 0.2) is 0 Å². The molecule has 1 N–H and O–H groups in total. The van der Waals surface area contributed by atoms with Gasteiger partial charge in [0.1, 0.15) is 0 Å². The van der Waals surface area contributed by atoms with E-state index in [1.165, 1.54) is 51.4 Å². The number of nitrogens with one attached hydrogen (secondary N) is 1. The fraction of sp³-hybridized carbons (Fsp3) is 1.00. The predicted molar refractivity (Wildman–Crippen MR) is 137 cm³/mol. The van der Waals surface area contributed by atoms with E-state index in [0.29, 0.717) is 18.2 Å². The lowest BCUT2D eigenvalue weighted by molar-refractivity contribution is -0.0614. The van der Waals surface area contributed by atoms with Crippen molar-refractivity contribution in [2.75, 3.05) is 21.1 Å². The van der Waals surface area contributed by atoms with Gasteiger partial charge >= 0.3 is 0 Å². The van der Waals surface area contributed by atoms with Crippen LogP contribution in [0.1, 0.15) is 114 Å². The molecule has 2 rings (SSSR count). The van der Waals surface area contributed by atoms with Crippen LogP contribution in [-0.2, 0) is 0 Å². The van der Waals surface area contributed by atoms with Crippen LogP contribution in [0.4, 0.5) is 0 Å². The van der Waals surface area contributed by atoms with Gasteiger partial charge in [0.15, 0.2) is 0 Å². The summed E-state index contributed by atoms with van der Waals surface area (Å²) in [7, 11) is 7.02. The minimum Gasteiger partial charge on any atom is -0.299 e. The summed E-state index contributed by atoms with van der Waals surface area (Å²) in [5.74, 6) is 0. The summed E-state index contributed by atoms with van der Waals surface area (Å²) in [5.41, 5.74) is 0.908. The molecule has 2 saturated heterocycles. The van der Waals surface area contributed by atoms with Crippen molar-refractivity contribution < 1.29 is 0 Å². The minimum atomic E-state index is 0.226. The number of unbranched alkanes of at least 4 members (excludes halogenated alkanes) is 2. The molecule has 0 aromatic carbocycles. The van der Waals surface area contributed by atoms with Crippen molar-refractivity contribution in [3.63, 3.8) is 0 Å². The molecule has 184 valence electrons. The van der Waals surface area contributed by atoms with Crippen molar-refractivity contribution in [3.8, 4) is 0 Å². The van der Waals surface area contributed by atoms with E-state index in [4.69, 9.17) is 0 Å². The number of hydrogen-bond acceptors (Lipinski definition) is 4. The Bertz CT molecular complexity index is 544. The monoisotopic (exact) mass is 436 g/mol. The van der Waals surface area contributed by atoms with Crippen LogP contribution >= 0.6 is 0 Å². The van der Waals surface area contributed by atoms with Gasteiger partial charge < -0.3 is 0 Å². The molecule has 0 amide bonds. The smallest absolute Gasteiger partial charge is 0.0599 e. The summed E-state index contributed by atoms with van der Waals surface area (Å²) in [5, 5.41) is 4.20. The predicted octanol–water partition coefficient (Wildman–Crippen LogP) is 5.72. The van der Waals surface area contributed by atoms with E-state index in [2.05, 4.69) is 103 Å². The van der Waals surface area contributed by atoms with Gasteiger partial charge in [-0.25, -0.2) is 0 Å². The molecule has 0 saturated carbocycles. The first-order valence-corrected chi connectivity index (χ1v) is 13.0. The van der Waals surface area contributed by atoms with Gasteiger partial charge in [-0.05, 0) is 109 Å². The molecule has 1 unspecified atom stereocenters. The Morgan fingerprint density at radius 1 is 0.774 bits per heavy atom. The fourth-order valence-corrected chi connectivity index (χ4v) is 6.61. The fourth-order valence-electron chi connectivity index (χ4n) is 6.61. The van der Waals surface area contributed by atoms with E-state index in [1.807, 2.05) is 0 Å². The summed E-state index contributed by atoms with van der Waals surface area (Å²) in [4.78, 5) is 7.92. The SMILES string of the molecule is CCCCCC(NC1CC(C)(C)N(C)C(C)(C)C1)N(C)C1CC(C)(C)N(C)C(C)(C)C1. The lowest BCUT2D eigenvalue weighted by atomic mass is 9.76. The van der Waals surface area contributed by atoms with Crippen LogP contribution in [0.2, 0.25) is 0 Å². The van der Waals surface area contributed by atoms with Gasteiger partial charge in [0.05, 0.1) is 6.17 Å². The first-order chi connectivity index (χ1) is 14.0. The number of nitrogens with zero attached hydrogens (tertiary/aromatic N) is 3. The highest BCUT2D eigenvalue weighted by molar-refractivity contribution is 5.04. The normalized spacial score (nSPS) is 28.2. The van der Waals surface area contributed by atoms with E-state index in [0.717, 1.165) is 0 Å². The molecular formula is C27H56N4. The third-order valence-corrected chi connectivity index (χ3v) is 9.17. The van der Waals surface area contributed by atoms with Crippen molar-refractivity contribution in [1.82, 2.24) is 20.0 Å². The lowest BCUT2D eigenvalue weighted by Crippen LogP contribution is -2.66. The number of likely N-dealkylation sites (tertiary alicyclic amines) is 2. The van der Waals surface area contributed by atoms with Crippen LogP contribution in [0.3, 0.4) is 0 Å². The average molecular weight is 437 g/mol. The molecule has 0 radical (unpaired) electrons. The highest BCUT2D eigenvalue weighted by atomic mass is 15.3. The first kappa shape index (κ1) is 27.1. The van der Waals surface area contributed by atoms with E-state index in [1.54, 1.807) is 0 Å². The minimum absolute atomic E-state index is 0.226. The Hall–Kier alpha value is -0.160. The maximum Gasteiger partial charge on any atom is 0.0599 e. The molecule has 31 heavy (non-hydrogen) atoms. The van der Waals surface area contributed by atoms with Gasteiger partial charge in [-0.2, -0.15) is 0 Å². The van der Waals surface area contributed by atoms with Crippen LogP contribution < -0.4 is 5.32 Å². The van der Waals surface area contributed by atoms with E-state index < -0.39 is 0 Å². The first-order valence-electron chi connectivity index (χ1n) is 13.0. The second-order valence-corrected chi connectivity index (χ2v) is 13.4. The number of rotatable bonds is 8. The van der Waals surface area contributed by atoms with E-state index in [9.17, 15) is 0 Å². The van der Waals surface area contributed by atoms with Gasteiger partial charge in [-0.15, -0.1) is 0 Å². The molecule has 2 heterocycles. The van der Waals surface area contributed by atoms with Gasteiger partial charge in [-0.1, -0.05) is 26.2 Å². The Balaban J connectivity index is 2.19. The third kappa shape index (κ3) is 6.25. The van der Waals surface area contributed by atoms with Gasteiger partial charge in [0.2, 0.25) is 0 Å². The third-order valence-electron chi connectivity index (χ3n) is 9.17. The number of piperidine rings is 2. The summed E-state index contributed by atoms with van der Waals surface area (Å²) >= 11 is 0. The summed E-state index contributed by atoms with van der Waals surface area (Å²) in [6.07, 6.45) is 10.6. The molecule has 0 aliphatic carbocycles. The lowest BCUT2D eigenvalue weighted by Gasteiger charge is -2.57. The molecule has 0 aromatic heterocycles. The molecule has 2 fully saturated rings.